The van der Waals surface area contributed by atoms with Crippen LogP contribution < -0.4 is 4.74 Å². The molecule has 0 bridgehead atoms. The molecule has 106 valence electrons. The lowest BCUT2D eigenvalue weighted by Gasteiger charge is -2.21. The van der Waals surface area contributed by atoms with Crippen LogP contribution in [-0.4, -0.2) is 23.8 Å². The molecule has 0 spiro atoms. The molecule has 0 unspecified atom stereocenters. The highest BCUT2D eigenvalue weighted by atomic mass is 16.5. The number of phenols is 1. The van der Waals surface area contributed by atoms with Crippen molar-refractivity contribution in [1.29, 1.82) is 0 Å². The van der Waals surface area contributed by atoms with Gasteiger partial charge in [0.05, 0.1) is 12.7 Å². The van der Waals surface area contributed by atoms with E-state index in [0.29, 0.717) is 22.4 Å². The number of ether oxygens (including phenoxy) is 1. The van der Waals surface area contributed by atoms with Crippen molar-refractivity contribution in [3.05, 3.63) is 46.5 Å². The predicted octanol–water partition coefficient (Wildman–Crippen LogP) is 3.06. The maximum Gasteiger partial charge on any atom is 0.237 e. The minimum Gasteiger partial charge on any atom is -0.507 e. The van der Waals surface area contributed by atoms with E-state index < -0.39 is 11.6 Å². The Morgan fingerprint density at radius 1 is 0.905 bits per heavy atom. The smallest absolute Gasteiger partial charge is 0.237 e. The van der Waals surface area contributed by atoms with Gasteiger partial charge in [-0.3, -0.25) is 9.59 Å². The third-order valence-electron chi connectivity index (χ3n) is 3.76. The monoisotopic (exact) mass is 282 g/mol. The van der Waals surface area contributed by atoms with Crippen molar-refractivity contribution in [2.75, 3.05) is 7.11 Å². The van der Waals surface area contributed by atoms with Crippen LogP contribution in [0.25, 0.3) is 11.1 Å². The van der Waals surface area contributed by atoms with Crippen LogP contribution in [-0.2, 0) is 0 Å². The molecular formula is C17H14O4. The van der Waals surface area contributed by atoms with Crippen molar-refractivity contribution < 1.29 is 19.4 Å². The van der Waals surface area contributed by atoms with E-state index in [1.165, 1.54) is 6.07 Å². The fraction of sp³-hybridized carbons (Fsp3) is 0.176. The number of hydrogen-bond donors (Lipinski definition) is 1. The lowest BCUT2D eigenvalue weighted by molar-refractivity contribution is 0.0813. The largest absolute Gasteiger partial charge is 0.507 e. The van der Waals surface area contributed by atoms with Gasteiger partial charge in [0.2, 0.25) is 11.6 Å². The predicted molar refractivity (Wildman–Crippen MR) is 78.2 cm³/mol. The second-order valence-corrected chi connectivity index (χ2v) is 5.23. The summed E-state index contributed by atoms with van der Waals surface area (Å²) in [6.45, 7) is 3.64. The molecule has 0 radical (unpaired) electrons. The fourth-order valence-electron chi connectivity index (χ4n) is 2.77. The number of rotatable bonds is 1. The number of carbonyl (C=O) groups is 2. The zero-order chi connectivity index (χ0) is 15.3. The van der Waals surface area contributed by atoms with Crippen LogP contribution in [0.15, 0.2) is 24.3 Å². The zero-order valence-corrected chi connectivity index (χ0v) is 12.0. The Balaban J connectivity index is 2.42. The van der Waals surface area contributed by atoms with E-state index >= 15 is 0 Å². The lowest BCUT2D eigenvalue weighted by Crippen LogP contribution is -2.21. The van der Waals surface area contributed by atoms with E-state index in [2.05, 4.69) is 0 Å². The van der Waals surface area contributed by atoms with E-state index in [1.54, 1.807) is 25.3 Å². The first kappa shape index (κ1) is 13.4. The first-order chi connectivity index (χ1) is 9.93. The van der Waals surface area contributed by atoms with Crippen LogP contribution in [0.3, 0.4) is 0 Å². The van der Waals surface area contributed by atoms with Gasteiger partial charge in [-0.1, -0.05) is 6.07 Å². The molecule has 0 saturated carbocycles. The Hall–Kier alpha value is -2.62. The van der Waals surface area contributed by atoms with Gasteiger partial charge in [0.1, 0.15) is 11.5 Å². The van der Waals surface area contributed by atoms with Crippen molar-refractivity contribution in [1.82, 2.24) is 0 Å². The van der Waals surface area contributed by atoms with Gasteiger partial charge in [-0.05, 0) is 54.3 Å². The molecule has 0 saturated heterocycles. The number of aromatic hydroxyl groups is 1. The third-order valence-corrected chi connectivity index (χ3v) is 3.76. The molecule has 1 N–H and O–H groups in total. The summed E-state index contributed by atoms with van der Waals surface area (Å²) in [6.07, 6.45) is 0. The summed E-state index contributed by atoms with van der Waals surface area (Å²) in [6, 6.07) is 6.69. The number of Topliss-reactive ketones (excluding diaryl/α,β-unsaturated/α-hetero) is 2. The van der Waals surface area contributed by atoms with Crippen molar-refractivity contribution in [3.63, 3.8) is 0 Å². The summed E-state index contributed by atoms with van der Waals surface area (Å²) < 4.78 is 5.29. The van der Waals surface area contributed by atoms with Crippen molar-refractivity contribution in [2.24, 2.45) is 0 Å². The van der Waals surface area contributed by atoms with Gasteiger partial charge in [0, 0.05) is 5.56 Å². The van der Waals surface area contributed by atoms with Crippen LogP contribution in [0.1, 0.15) is 31.8 Å². The summed E-state index contributed by atoms with van der Waals surface area (Å²) in [5.74, 6) is -0.779. The number of ketones is 2. The standard InChI is InChI=1S/C17H14O4/c1-8-4-11-10-7-14(21-3)9(2)6-12(10)16(19)17(20)15(11)13(18)5-8/h4-7,18H,1-3H3. The topological polar surface area (TPSA) is 63.6 Å². The quantitative estimate of drug-likeness (QED) is 0.816. The number of aryl methyl sites for hydroxylation is 2. The van der Waals surface area contributed by atoms with Gasteiger partial charge in [-0.2, -0.15) is 0 Å². The molecule has 2 aromatic rings. The zero-order valence-electron chi connectivity index (χ0n) is 12.0. The second-order valence-electron chi connectivity index (χ2n) is 5.23. The molecule has 2 aromatic carbocycles. The molecule has 0 atom stereocenters. The van der Waals surface area contributed by atoms with Gasteiger partial charge in [-0.15, -0.1) is 0 Å². The van der Waals surface area contributed by atoms with Gasteiger partial charge >= 0.3 is 0 Å². The molecule has 0 amide bonds. The minimum atomic E-state index is -0.667. The van der Waals surface area contributed by atoms with Crippen LogP contribution in [0, 0.1) is 13.8 Å². The van der Waals surface area contributed by atoms with E-state index in [-0.39, 0.29) is 11.3 Å². The summed E-state index contributed by atoms with van der Waals surface area (Å²) >= 11 is 0. The molecule has 4 nitrogen and oxygen atoms in total. The first-order valence-electron chi connectivity index (χ1n) is 6.55. The van der Waals surface area contributed by atoms with Crippen LogP contribution in [0.5, 0.6) is 11.5 Å². The van der Waals surface area contributed by atoms with E-state index in [0.717, 1.165) is 11.1 Å². The molecule has 0 aromatic heterocycles. The molecule has 0 heterocycles. The second kappa shape index (κ2) is 4.45. The Kier molecular flexibility index (Phi) is 2.83. The van der Waals surface area contributed by atoms with Gasteiger partial charge in [0.15, 0.2) is 0 Å². The SMILES string of the molecule is COc1cc2c(cc1C)C(=O)C(=O)c1c(O)cc(C)cc1-2. The molecule has 3 rings (SSSR count). The summed E-state index contributed by atoms with van der Waals surface area (Å²) in [5.41, 5.74) is 3.23. The fourth-order valence-corrected chi connectivity index (χ4v) is 2.77. The maximum absolute atomic E-state index is 12.3. The van der Waals surface area contributed by atoms with Crippen molar-refractivity contribution >= 4 is 11.6 Å². The third kappa shape index (κ3) is 1.83. The molecular weight excluding hydrogens is 268 g/mol. The Bertz CT molecular complexity index is 803. The summed E-state index contributed by atoms with van der Waals surface area (Å²) in [4.78, 5) is 24.5. The van der Waals surface area contributed by atoms with Crippen molar-refractivity contribution in [2.45, 2.75) is 13.8 Å². The number of carbonyl (C=O) groups excluding carboxylic acids is 2. The number of phenolic OH excluding ortho intramolecular Hbond substituents is 1. The van der Waals surface area contributed by atoms with Gasteiger partial charge in [0.25, 0.3) is 0 Å². The van der Waals surface area contributed by atoms with Crippen LogP contribution >= 0.6 is 0 Å². The van der Waals surface area contributed by atoms with Crippen molar-refractivity contribution in [3.8, 4) is 22.6 Å². The lowest BCUT2D eigenvalue weighted by atomic mass is 9.82. The Labute approximate surface area is 122 Å². The van der Waals surface area contributed by atoms with E-state index in [4.69, 9.17) is 4.74 Å². The summed E-state index contributed by atoms with van der Waals surface area (Å²) in [5, 5.41) is 10.0. The molecule has 21 heavy (non-hydrogen) atoms. The molecule has 1 aliphatic rings. The highest BCUT2D eigenvalue weighted by Crippen LogP contribution is 2.41. The average molecular weight is 282 g/mol. The Morgan fingerprint density at radius 2 is 1.62 bits per heavy atom. The molecule has 1 aliphatic carbocycles. The minimum absolute atomic E-state index is 0.0732. The Morgan fingerprint density at radius 3 is 2.29 bits per heavy atom. The highest BCUT2D eigenvalue weighted by molar-refractivity contribution is 6.53. The number of fused-ring (bicyclic) bond motifs is 3. The number of benzene rings is 2. The molecule has 0 aliphatic heterocycles. The first-order valence-corrected chi connectivity index (χ1v) is 6.55. The number of methoxy groups -OCH3 is 1. The van der Waals surface area contributed by atoms with Crippen LogP contribution in [0.4, 0.5) is 0 Å². The van der Waals surface area contributed by atoms with E-state index in [9.17, 15) is 14.7 Å². The van der Waals surface area contributed by atoms with Crippen LogP contribution in [0.2, 0.25) is 0 Å². The highest BCUT2D eigenvalue weighted by Gasteiger charge is 2.33. The normalized spacial score (nSPS) is 12.9. The molecule has 0 fully saturated rings. The average Bonchev–Trinajstić information content (AvgIpc) is 2.43. The van der Waals surface area contributed by atoms with Gasteiger partial charge < -0.3 is 9.84 Å². The summed E-state index contributed by atoms with van der Waals surface area (Å²) in [7, 11) is 1.55. The molecule has 4 heteroatoms. The maximum atomic E-state index is 12.3. The number of hydrogen-bond acceptors (Lipinski definition) is 4. The van der Waals surface area contributed by atoms with E-state index in [1.807, 2.05) is 13.8 Å². The van der Waals surface area contributed by atoms with Gasteiger partial charge in [-0.25, -0.2) is 0 Å².